The van der Waals surface area contributed by atoms with Crippen LogP contribution in [0.1, 0.15) is 6.92 Å². The van der Waals surface area contributed by atoms with Crippen LogP contribution in [-0.4, -0.2) is 30.7 Å². The van der Waals surface area contributed by atoms with E-state index in [1.165, 1.54) is 0 Å². The molecule has 0 aliphatic carbocycles. The Hall–Kier alpha value is -0.510. The van der Waals surface area contributed by atoms with Crippen LogP contribution in [-0.2, 0) is 0 Å². The number of hydrogen-bond donors (Lipinski definition) is 1. The van der Waals surface area contributed by atoms with Gasteiger partial charge in [-0.25, -0.2) is 4.98 Å². The fourth-order valence-electron chi connectivity index (χ4n) is 1.76. The third-order valence-corrected chi connectivity index (χ3v) is 2.94. The standard InChI is InChI=1S/C10H13Cl2N3/c1-7-6-15(3-2-13-7)10-9(12)4-8(11)5-14-10/h4-5,7,13H,2-3,6H2,1H3. The predicted molar refractivity (Wildman–Crippen MR) is 63.9 cm³/mol. The van der Waals surface area contributed by atoms with E-state index in [1.807, 2.05) is 0 Å². The Morgan fingerprint density at radius 3 is 3.00 bits per heavy atom. The van der Waals surface area contributed by atoms with Crippen LogP contribution >= 0.6 is 23.2 Å². The Morgan fingerprint density at radius 2 is 2.33 bits per heavy atom. The fraction of sp³-hybridized carbons (Fsp3) is 0.500. The molecule has 1 unspecified atom stereocenters. The number of anilines is 1. The van der Waals surface area contributed by atoms with E-state index in [4.69, 9.17) is 23.2 Å². The molecule has 0 radical (unpaired) electrons. The van der Waals surface area contributed by atoms with Gasteiger partial charge in [0.25, 0.3) is 0 Å². The lowest BCUT2D eigenvalue weighted by atomic mass is 10.2. The highest BCUT2D eigenvalue weighted by Gasteiger charge is 2.18. The first-order chi connectivity index (χ1) is 7.16. The largest absolute Gasteiger partial charge is 0.353 e. The molecule has 82 valence electrons. The SMILES string of the molecule is CC1CN(c2ncc(Cl)cc2Cl)CCN1. The molecule has 3 nitrogen and oxygen atoms in total. The van der Waals surface area contributed by atoms with E-state index >= 15 is 0 Å². The molecular weight excluding hydrogens is 233 g/mol. The smallest absolute Gasteiger partial charge is 0.147 e. The van der Waals surface area contributed by atoms with Gasteiger partial charge in [-0.15, -0.1) is 0 Å². The molecule has 2 heterocycles. The number of piperazine rings is 1. The number of rotatable bonds is 1. The number of aromatic nitrogens is 1. The Balaban J connectivity index is 2.21. The topological polar surface area (TPSA) is 28.2 Å². The highest BCUT2D eigenvalue weighted by molar-refractivity contribution is 6.36. The summed E-state index contributed by atoms with van der Waals surface area (Å²) in [5.41, 5.74) is 0. The predicted octanol–water partition coefficient (Wildman–Crippen LogP) is 2.19. The van der Waals surface area contributed by atoms with Crippen molar-refractivity contribution in [2.75, 3.05) is 24.5 Å². The second kappa shape index (κ2) is 4.56. The van der Waals surface area contributed by atoms with Gasteiger partial charge in [-0.1, -0.05) is 23.2 Å². The van der Waals surface area contributed by atoms with Gasteiger partial charge in [0.15, 0.2) is 0 Å². The lowest BCUT2D eigenvalue weighted by molar-refractivity contribution is 0.482. The van der Waals surface area contributed by atoms with Crippen LogP contribution in [0.5, 0.6) is 0 Å². The second-order valence-corrected chi connectivity index (χ2v) is 4.60. The number of halogens is 2. The lowest BCUT2D eigenvalue weighted by Gasteiger charge is -2.33. The molecule has 2 rings (SSSR count). The zero-order valence-corrected chi connectivity index (χ0v) is 10.0. The lowest BCUT2D eigenvalue weighted by Crippen LogP contribution is -2.49. The average Bonchev–Trinajstić information content (AvgIpc) is 2.17. The summed E-state index contributed by atoms with van der Waals surface area (Å²) in [5, 5.41) is 4.57. The van der Waals surface area contributed by atoms with Gasteiger partial charge in [0.2, 0.25) is 0 Å². The van der Waals surface area contributed by atoms with Gasteiger partial charge in [-0.05, 0) is 13.0 Å². The van der Waals surface area contributed by atoms with Crippen molar-refractivity contribution in [3.63, 3.8) is 0 Å². The zero-order valence-electron chi connectivity index (χ0n) is 8.50. The van der Waals surface area contributed by atoms with E-state index in [-0.39, 0.29) is 0 Å². The maximum absolute atomic E-state index is 6.10. The van der Waals surface area contributed by atoms with Crippen molar-refractivity contribution >= 4 is 29.0 Å². The number of nitrogens with one attached hydrogen (secondary N) is 1. The van der Waals surface area contributed by atoms with Gasteiger partial charge >= 0.3 is 0 Å². The third-order valence-electron chi connectivity index (χ3n) is 2.46. The van der Waals surface area contributed by atoms with Crippen molar-refractivity contribution in [3.8, 4) is 0 Å². The van der Waals surface area contributed by atoms with E-state index in [0.717, 1.165) is 25.5 Å². The summed E-state index contributed by atoms with van der Waals surface area (Å²) in [6.45, 7) is 4.96. The van der Waals surface area contributed by atoms with Crippen molar-refractivity contribution < 1.29 is 0 Å². The minimum absolute atomic E-state index is 0.465. The van der Waals surface area contributed by atoms with E-state index < -0.39 is 0 Å². The maximum atomic E-state index is 6.10. The molecule has 1 N–H and O–H groups in total. The molecule has 15 heavy (non-hydrogen) atoms. The van der Waals surface area contributed by atoms with Crippen LogP contribution < -0.4 is 10.2 Å². The summed E-state index contributed by atoms with van der Waals surface area (Å²) in [5.74, 6) is 0.828. The van der Waals surface area contributed by atoms with Gasteiger partial charge in [-0.2, -0.15) is 0 Å². The highest BCUT2D eigenvalue weighted by Crippen LogP contribution is 2.26. The molecule has 1 aromatic rings. The molecule has 1 fully saturated rings. The maximum Gasteiger partial charge on any atom is 0.147 e. The van der Waals surface area contributed by atoms with Crippen molar-refractivity contribution in [1.29, 1.82) is 0 Å². The van der Waals surface area contributed by atoms with Crippen molar-refractivity contribution in [2.24, 2.45) is 0 Å². The first-order valence-corrected chi connectivity index (χ1v) is 5.72. The molecule has 1 aliphatic rings. The summed E-state index contributed by atoms with van der Waals surface area (Å²) in [7, 11) is 0. The zero-order chi connectivity index (χ0) is 10.8. The van der Waals surface area contributed by atoms with Crippen LogP contribution in [0.4, 0.5) is 5.82 Å². The van der Waals surface area contributed by atoms with E-state index in [1.54, 1.807) is 12.3 Å². The second-order valence-electron chi connectivity index (χ2n) is 3.76. The molecule has 1 aliphatic heterocycles. The molecule has 0 amide bonds. The summed E-state index contributed by atoms with van der Waals surface area (Å²) in [6, 6.07) is 2.20. The molecule has 0 saturated carbocycles. The van der Waals surface area contributed by atoms with Gasteiger partial charge in [0.1, 0.15) is 5.82 Å². The highest BCUT2D eigenvalue weighted by atomic mass is 35.5. The third kappa shape index (κ3) is 2.54. The Labute approximate surface area is 99.4 Å². The summed E-state index contributed by atoms with van der Waals surface area (Å²) in [4.78, 5) is 6.45. The number of nitrogens with zero attached hydrogens (tertiary/aromatic N) is 2. The minimum Gasteiger partial charge on any atom is -0.353 e. The van der Waals surface area contributed by atoms with Crippen LogP contribution in [0, 0.1) is 0 Å². The normalized spacial score (nSPS) is 21.8. The van der Waals surface area contributed by atoms with Crippen LogP contribution in [0.15, 0.2) is 12.3 Å². The number of hydrogen-bond acceptors (Lipinski definition) is 3. The van der Waals surface area contributed by atoms with E-state index in [0.29, 0.717) is 16.1 Å². The fourth-order valence-corrected chi connectivity index (χ4v) is 2.26. The van der Waals surface area contributed by atoms with Crippen LogP contribution in [0.25, 0.3) is 0 Å². The first-order valence-electron chi connectivity index (χ1n) is 4.96. The Morgan fingerprint density at radius 1 is 1.53 bits per heavy atom. The molecule has 1 aromatic heterocycles. The van der Waals surface area contributed by atoms with Crippen molar-refractivity contribution in [1.82, 2.24) is 10.3 Å². The van der Waals surface area contributed by atoms with Gasteiger partial charge in [0, 0.05) is 31.9 Å². The van der Waals surface area contributed by atoms with Gasteiger partial charge < -0.3 is 10.2 Å². The summed E-state index contributed by atoms with van der Waals surface area (Å²) < 4.78 is 0. The molecule has 0 spiro atoms. The number of pyridine rings is 1. The van der Waals surface area contributed by atoms with Gasteiger partial charge in [0.05, 0.1) is 10.0 Å². The molecule has 0 bridgehead atoms. The quantitative estimate of drug-likeness (QED) is 0.823. The molecular formula is C10H13Cl2N3. The Bertz CT molecular complexity index is 357. The van der Waals surface area contributed by atoms with Crippen LogP contribution in [0.3, 0.4) is 0 Å². The van der Waals surface area contributed by atoms with Crippen molar-refractivity contribution in [3.05, 3.63) is 22.3 Å². The Kier molecular flexibility index (Phi) is 3.34. The van der Waals surface area contributed by atoms with E-state index in [9.17, 15) is 0 Å². The molecule has 0 aromatic carbocycles. The van der Waals surface area contributed by atoms with Crippen LogP contribution in [0.2, 0.25) is 10.0 Å². The first kappa shape index (κ1) is 11.0. The van der Waals surface area contributed by atoms with E-state index in [2.05, 4.69) is 22.1 Å². The average molecular weight is 246 g/mol. The molecule has 1 saturated heterocycles. The summed E-state index contributed by atoms with van der Waals surface area (Å²) >= 11 is 11.9. The summed E-state index contributed by atoms with van der Waals surface area (Å²) in [6.07, 6.45) is 1.63. The monoisotopic (exact) mass is 245 g/mol. The molecule has 5 heteroatoms. The minimum atomic E-state index is 0.465. The van der Waals surface area contributed by atoms with Gasteiger partial charge in [-0.3, -0.25) is 0 Å². The van der Waals surface area contributed by atoms with Crippen molar-refractivity contribution in [2.45, 2.75) is 13.0 Å². The molecule has 1 atom stereocenters.